The maximum Gasteiger partial charge on any atom is 0.0487 e. The Labute approximate surface area is 130 Å². The van der Waals surface area contributed by atoms with Crippen molar-refractivity contribution in [2.45, 2.75) is 65.7 Å². The summed E-state index contributed by atoms with van der Waals surface area (Å²) in [6, 6.07) is 0. The van der Waals surface area contributed by atoms with Gasteiger partial charge in [-0.2, -0.15) is 0 Å². The van der Waals surface area contributed by atoms with Crippen molar-refractivity contribution in [1.82, 2.24) is 0 Å². The Kier molecular flexibility index (Phi) is 3.64. The maximum atomic E-state index is 10.0. The first kappa shape index (κ1) is 15.3. The van der Waals surface area contributed by atoms with Gasteiger partial charge in [-0.15, -0.1) is 6.58 Å². The largest absolute Gasteiger partial charge is 0.396 e. The second-order valence-electron chi connectivity index (χ2n) is 8.67. The second-order valence-corrected chi connectivity index (χ2v) is 8.67. The van der Waals surface area contributed by atoms with Crippen molar-refractivity contribution >= 4 is 0 Å². The number of hydrogen-bond acceptors (Lipinski definition) is 1. The number of fused-ring (bicyclic) bond motifs is 3. The monoisotopic (exact) mass is 288 g/mol. The minimum Gasteiger partial charge on any atom is -0.396 e. The van der Waals surface area contributed by atoms with Crippen LogP contribution in [-0.4, -0.2) is 11.7 Å². The number of rotatable bonds is 2. The molecule has 0 heterocycles. The predicted molar refractivity (Wildman–Crippen MR) is 89.0 cm³/mol. The molecule has 1 unspecified atom stereocenters. The van der Waals surface area contributed by atoms with Crippen molar-refractivity contribution in [2.24, 2.45) is 28.1 Å². The molecule has 1 nitrogen and oxygen atoms in total. The van der Waals surface area contributed by atoms with Gasteiger partial charge in [0.05, 0.1) is 0 Å². The summed E-state index contributed by atoms with van der Waals surface area (Å²) in [5.41, 5.74) is 2.43. The van der Waals surface area contributed by atoms with Crippen molar-refractivity contribution in [3.63, 3.8) is 0 Å². The highest BCUT2D eigenvalue weighted by atomic mass is 16.3. The number of aliphatic hydroxyl groups excluding tert-OH is 1. The lowest BCUT2D eigenvalue weighted by Crippen LogP contribution is -2.52. The Balaban J connectivity index is 2.02. The van der Waals surface area contributed by atoms with Crippen molar-refractivity contribution in [3.8, 4) is 0 Å². The normalized spacial score (nSPS) is 49.8. The zero-order valence-corrected chi connectivity index (χ0v) is 14.1. The first-order chi connectivity index (χ1) is 9.89. The van der Waals surface area contributed by atoms with Crippen molar-refractivity contribution in [3.05, 3.63) is 24.3 Å². The zero-order chi connectivity index (χ0) is 15.3. The van der Waals surface area contributed by atoms with E-state index in [0.29, 0.717) is 23.9 Å². The Bertz CT molecular complexity index is 464. The summed E-state index contributed by atoms with van der Waals surface area (Å²) in [4.78, 5) is 0. The summed E-state index contributed by atoms with van der Waals surface area (Å²) in [7, 11) is 0. The van der Waals surface area contributed by atoms with E-state index >= 15 is 0 Å². The molecular weight excluding hydrogens is 256 g/mol. The van der Waals surface area contributed by atoms with E-state index < -0.39 is 0 Å². The second kappa shape index (κ2) is 4.98. The van der Waals surface area contributed by atoms with E-state index in [1.807, 2.05) is 0 Å². The molecule has 0 aromatic carbocycles. The lowest BCUT2D eigenvalue weighted by molar-refractivity contribution is -0.0618. The molecule has 0 radical (unpaired) electrons. The van der Waals surface area contributed by atoms with E-state index in [1.54, 1.807) is 5.57 Å². The van der Waals surface area contributed by atoms with Gasteiger partial charge in [-0.25, -0.2) is 0 Å². The summed E-state index contributed by atoms with van der Waals surface area (Å²) in [6.07, 6.45) is 13.6. The molecule has 3 aliphatic rings. The topological polar surface area (TPSA) is 20.2 Å². The lowest BCUT2D eigenvalue weighted by atomic mass is 9.44. The van der Waals surface area contributed by atoms with Crippen LogP contribution in [0.5, 0.6) is 0 Å². The molecule has 0 saturated heterocycles. The molecule has 0 amide bonds. The molecule has 0 spiro atoms. The van der Waals surface area contributed by atoms with Crippen molar-refractivity contribution in [1.29, 1.82) is 0 Å². The molecule has 2 saturated carbocycles. The maximum absolute atomic E-state index is 10.0. The lowest BCUT2D eigenvalue weighted by Gasteiger charge is -2.60. The number of aliphatic hydroxyl groups is 1. The van der Waals surface area contributed by atoms with Gasteiger partial charge in [-0.3, -0.25) is 0 Å². The van der Waals surface area contributed by atoms with Crippen LogP contribution in [0.1, 0.15) is 65.7 Å². The molecule has 0 aromatic rings. The summed E-state index contributed by atoms with van der Waals surface area (Å²) < 4.78 is 0. The van der Waals surface area contributed by atoms with Gasteiger partial charge in [0.1, 0.15) is 0 Å². The molecule has 21 heavy (non-hydrogen) atoms. The van der Waals surface area contributed by atoms with Crippen LogP contribution in [0.4, 0.5) is 0 Å². The molecule has 0 aromatic heterocycles. The SMILES string of the molecule is C=C[C@@]1(C)CCC=C2[C@H]1CCC1[C@](C)(CO)CCC[C@@]21C. The fraction of sp³-hybridized carbons (Fsp3) is 0.800. The van der Waals surface area contributed by atoms with E-state index in [0.717, 1.165) is 0 Å². The fourth-order valence-electron chi connectivity index (χ4n) is 6.08. The van der Waals surface area contributed by atoms with Crippen LogP contribution in [0.3, 0.4) is 0 Å². The molecule has 0 aliphatic heterocycles. The van der Waals surface area contributed by atoms with Gasteiger partial charge in [-0.05, 0) is 66.6 Å². The van der Waals surface area contributed by atoms with Gasteiger partial charge in [0.2, 0.25) is 0 Å². The molecule has 1 heteroatoms. The van der Waals surface area contributed by atoms with Crippen molar-refractivity contribution in [2.75, 3.05) is 6.61 Å². The van der Waals surface area contributed by atoms with Crippen LogP contribution < -0.4 is 0 Å². The minimum atomic E-state index is 0.126. The zero-order valence-electron chi connectivity index (χ0n) is 14.1. The first-order valence-electron chi connectivity index (χ1n) is 8.85. The first-order valence-corrected chi connectivity index (χ1v) is 8.85. The minimum absolute atomic E-state index is 0.126. The van der Waals surface area contributed by atoms with Crippen LogP contribution in [0.25, 0.3) is 0 Å². The van der Waals surface area contributed by atoms with Crippen LogP contribution in [0, 0.1) is 28.1 Å². The molecule has 0 bridgehead atoms. The average molecular weight is 288 g/mol. The molecule has 2 fully saturated rings. The predicted octanol–water partition coefficient (Wildman–Crippen LogP) is 5.11. The number of allylic oxidation sites excluding steroid dienone is 3. The Morgan fingerprint density at radius 2 is 2.00 bits per heavy atom. The molecule has 3 rings (SSSR count). The van der Waals surface area contributed by atoms with E-state index in [-0.39, 0.29) is 10.8 Å². The summed E-state index contributed by atoms with van der Waals surface area (Å²) in [6.45, 7) is 11.7. The van der Waals surface area contributed by atoms with Crippen LogP contribution in [0.2, 0.25) is 0 Å². The summed E-state index contributed by atoms with van der Waals surface area (Å²) in [5.74, 6) is 1.34. The van der Waals surface area contributed by atoms with E-state index in [4.69, 9.17) is 0 Å². The Morgan fingerprint density at radius 1 is 1.24 bits per heavy atom. The quantitative estimate of drug-likeness (QED) is 0.700. The van der Waals surface area contributed by atoms with Gasteiger partial charge >= 0.3 is 0 Å². The standard InChI is InChI=1S/C20H32O/c1-5-18(2)11-6-8-16-15(18)9-10-17-19(3,14-21)12-7-13-20(16,17)4/h5,8,15,17,21H,1,6-7,9-14H2,2-4H3/t15-,17?,18+,19+,20+/m1/s1. The van der Waals surface area contributed by atoms with Crippen LogP contribution in [0.15, 0.2) is 24.3 Å². The van der Waals surface area contributed by atoms with E-state index in [1.165, 1.54) is 44.9 Å². The average Bonchev–Trinajstić information content (AvgIpc) is 2.48. The van der Waals surface area contributed by atoms with Crippen molar-refractivity contribution < 1.29 is 5.11 Å². The van der Waals surface area contributed by atoms with Gasteiger partial charge in [0.15, 0.2) is 0 Å². The van der Waals surface area contributed by atoms with Crippen LogP contribution in [-0.2, 0) is 0 Å². The van der Waals surface area contributed by atoms with Crippen LogP contribution >= 0.6 is 0 Å². The highest BCUT2D eigenvalue weighted by molar-refractivity contribution is 5.30. The fourth-order valence-corrected chi connectivity index (χ4v) is 6.08. The Hall–Kier alpha value is -0.560. The molecule has 5 atom stereocenters. The third-order valence-corrected chi connectivity index (χ3v) is 7.50. The van der Waals surface area contributed by atoms with Gasteiger partial charge < -0.3 is 5.11 Å². The summed E-state index contributed by atoms with van der Waals surface area (Å²) >= 11 is 0. The smallest absolute Gasteiger partial charge is 0.0487 e. The Morgan fingerprint density at radius 3 is 2.67 bits per heavy atom. The highest BCUT2D eigenvalue weighted by Gasteiger charge is 2.56. The molecular formula is C20H32O. The van der Waals surface area contributed by atoms with Gasteiger partial charge in [-0.1, -0.05) is 44.9 Å². The third kappa shape index (κ3) is 2.07. The van der Waals surface area contributed by atoms with E-state index in [2.05, 4.69) is 39.5 Å². The molecule has 1 N–H and O–H groups in total. The van der Waals surface area contributed by atoms with Gasteiger partial charge in [0.25, 0.3) is 0 Å². The van der Waals surface area contributed by atoms with E-state index in [9.17, 15) is 5.11 Å². The number of hydrogen-bond donors (Lipinski definition) is 1. The highest BCUT2D eigenvalue weighted by Crippen LogP contribution is 2.64. The molecule has 118 valence electrons. The molecule has 3 aliphatic carbocycles. The summed E-state index contributed by atoms with van der Waals surface area (Å²) in [5, 5.41) is 10.0. The third-order valence-electron chi connectivity index (χ3n) is 7.50. The van der Waals surface area contributed by atoms with Gasteiger partial charge in [0, 0.05) is 6.61 Å².